The van der Waals surface area contributed by atoms with Gasteiger partial charge in [0.2, 0.25) is 5.91 Å². The van der Waals surface area contributed by atoms with Gasteiger partial charge in [0.15, 0.2) is 11.6 Å². The molecule has 0 spiro atoms. The molecular formula is C19H27FN2O3. The third-order valence-electron chi connectivity index (χ3n) is 4.14. The quantitative estimate of drug-likeness (QED) is 0.820. The zero-order valence-corrected chi connectivity index (χ0v) is 15.3. The van der Waals surface area contributed by atoms with Crippen molar-refractivity contribution < 1.29 is 18.7 Å². The lowest BCUT2D eigenvalue weighted by Gasteiger charge is -2.22. The molecule has 138 valence electrons. The van der Waals surface area contributed by atoms with Gasteiger partial charge in [0.1, 0.15) is 0 Å². The summed E-state index contributed by atoms with van der Waals surface area (Å²) < 4.78 is 19.5. The van der Waals surface area contributed by atoms with Gasteiger partial charge in [-0.25, -0.2) is 4.39 Å². The van der Waals surface area contributed by atoms with Crippen LogP contribution in [-0.4, -0.2) is 53.9 Å². The lowest BCUT2D eigenvalue weighted by molar-refractivity contribution is -0.131. The third kappa shape index (κ3) is 5.18. The number of nitrogens with zero attached hydrogens (tertiary/aromatic N) is 2. The molecule has 0 N–H and O–H groups in total. The molecule has 1 aliphatic heterocycles. The minimum absolute atomic E-state index is 0.131. The summed E-state index contributed by atoms with van der Waals surface area (Å²) in [5.74, 6) is -0.453. The maximum absolute atomic E-state index is 14.1. The Bertz CT molecular complexity index is 619. The number of hydrogen-bond donors (Lipinski definition) is 0. The topological polar surface area (TPSA) is 49.9 Å². The Morgan fingerprint density at radius 3 is 2.48 bits per heavy atom. The number of carbonyl (C=O) groups excluding carboxylic acids is 2. The van der Waals surface area contributed by atoms with Crippen molar-refractivity contribution in [2.24, 2.45) is 0 Å². The Balaban J connectivity index is 2.03. The van der Waals surface area contributed by atoms with Crippen molar-refractivity contribution in [1.29, 1.82) is 0 Å². The fraction of sp³-hybridized carbons (Fsp3) is 0.579. The van der Waals surface area contributed by atoms with E-state index < -0.39 is 5.82 Å². The molecule has 2 rings (SSSR count). The van der Waals surface area contributed by atoms with Crippen molar-refractivity contribution in [3.05, 3.63) is 29.6 Å². The molecular weight excluding hydrogens is 323 g/mol. The van der Waals surface area contributed by atoms with E-state index in [1.54, 1.807) is 11.0 Å². The van der Waals surface area contributed by atoms with E-state index in [0.717, 1.165) is 12.8 Å². The highest BCUT2D eigenvalue weighted by Gasteiger charge is 2.23. The monoisotopic (exact) mass is 350 g/mol. The molecule has 1 heterocycles. The molecule has 5 nitrogen and oxygen atoms in total. The average Bonchev–Trinajstić information content (AvgIpc) is 2.82. The van der Waals surface area contributed by atoms with Crippen molar-refractivity contribution in [2.75, 3.05) is 26.2 Å². The van der Waals surface area contributed by atoms with Crippen LogP contribution in [0.25, 0.3) is 0 Å². The molecule has 2 amide bonds. The van der Waals surface area contributed by atoms with Gasteiger partial charge in [0, 0.05) is 38.2 Å². The van der Waals surface area contributed by atoms with Crippen LogP contribution in [0.4, 0.5) is 4.39 Å². The standard InChI is InChI=1S/C19H27FN2O3/c1-4-6-18(23)21-9-5-10-22(12-11-21)19(24)15-7-8-17(16(20)13-15)25-14(2)3/h7-8,13-14H,4-6,9-12H2,1-3H3. The van der Waals surface area contributed by atoms with Crippen LogP contribution in [-0.2, 0) is 4.79 Å². The molecule has 1 aromatic rings. The molecule has 1 aromatic carbocycles. The summed E-state index contributed by atoms with van der Waals surface area (Å²) in [5.41, 5.74) is 0.307. The van der Waals surface area contributed by atoms with Gasteiger partial charge in [-0.1, -0.05) is 6.92 Å². The summed E-state index contributed by atoms with van der Waals surface area (Å²) in [6.07, 6.45) is 1.96. The van der Waals surface area contributed by atoms with Crippen LogP contribution >= 0.6 is 0 Å². The first-order valence-corrected chi connectivity index (χ1v) is 8.95. The van der Waals surface area contributed by atoms with E-state index in [4.69, 9.17) is 4.74 Å². The Morgan fingerprint density at radius 2 is 1.84 bits per heavy atom. The van der Waals surface area contributed by atoms with Crippen LogP contribution in [0, 0.1) is 5.82 Å². The van der Waals surface area contributed by atoms with Gasteiger partial charge in [0.25, 0.3) is 5.91 Å². The van der Waals surface area contributed by atoms with Crippen molar-refractivity contribution >= 4 is 11.8 Å². The van der Waals surface area contributed by atoms with E-state index in [1.807, 2.05) is 25.7 Å². The summed E-state index contributed by atoms with van der Waals surface area (Å²) in [6.45, 7) is 7.86. The average molecular weight is 350 g/mol. The van der Waals surface area contributed by atoms with Crippen LogP contribution in [0.15, 0.2) is 18.2 Å². The minimum Gasteiger partial charge on any atom is -0.488 e. The fourth-order valence-corrected chi connectivity index (χ4v) is 2.91. The second kappa shape index (κ2) is 8.83. The van der Waals surface area contributed by atoms with Gasteiger partial charge in [0.05, 0.1) is 6.10 Å². The highest BCUT2D eigenvalue weighted by Crippen LogP contribution is 2.21. The molecule has 0 bridgehead atoms. The van der Waals surface area contributed by atoms with E-state index in [1.165, 1.54) is 12.1 Å². The SMILES string of the molecule is CCCC(=O)N1CCCN(C(=O)c2ccc(OC(C)C)c(F)c2)CC1. The van der Waals surface area contributed by atoms with Crippen molar-refractivity contribution in [1.82, 2.24) is 9.80 Å². The highest BCUT2D eigenvalue weighted by atomic mass is 19.1. The number of halogens is 1. The predicted molar refractivity (Wildman–Crippen MR) is 94.2 cm³/mol. The number of hydrogen-bond acceptors (Lipinski definition) is 3. The van der Waals surface area contributed by atoms with Gasteiger partial charge < -0.3 is 14.5 Å². The molecule has 0 atom stereocenters. The fourth-order valence-electron chi connectivity index (χ4n) is 2.91. The maximum Gasteiger partial charge on any atom is 0.254 e. The van der Waals surface area contributed by atoms with Crippen molar-refractivity contribution in [3.8, 4) is 5.75 Å². The number of benzene rings is 1. The molecule has 0 saturated carbocycles. The van der Waals surface area contributed by atoms with Gasteiger partial charge in [-0.2, -0.15) is 0 Å². The second-order valence-electron chi connectivity index (χ2n) is 6.59. The molecule has 0 unspecified atom stereocenters. The number of ether oxygens (including phenoxy) is 1. The smallest absolute Gasteiger partial charge is 0.254 e. The van der Waals surface area contributed by atoms with Gasteiger partial charge in [-0.15, -0.1) is 0 Å². The molecule has 6 heteroatoms. The molecule has 1 aliphatic rings. The summed E-state index contributed by atoms with van der Waals surface area (Å²) in [4.78, 5) is 28.2. The number of carbonyl (C=O) groups is 2. The normalized spacial score (nSPS) is 15.2. The van der Waals surface area contributed by atoms with Crippen LogP contribution in [0.1, 0.15) is 50.4 Å². The van der Waals surface area contributed by atoms with Crippen LogP contribution in [0.2, 0.25) is 0 Å². The number of rotatable bonds is 5. The summed E-state index contributed by atoms with van der Waals surface area (Å²) >= 11 is 0. The van der Waals surface area contributed by atoms with Gasteiger partial charge in [-0.05, 0) is 44.9 Å². The molecule has 1 saturated heterocycles. The van der Waals surface area contributed by atoms with Crippen molar-refractivity contribution in [3.63, 3.8) is 0 Å². The first kappa shape index (κ1) is 19.2. The lowest BCUT2D eigenvalue weighted by atomic mass is 10.1. The summed E-state index contributed by atoms with van der Waals surface area (Å²) in [6, 6.07) is 4.32. The first-order chi connectivity index (χ1) is 11.9. The van der Waals surface area contributed by atoms with Crippen LogP contribution in [0.3, 0.4) is 0 Å². The first-order valence-electron chi connectivity index (χ1n) is 8.95. The van der Waals surface area contributed by atoms with Crippen molar-refractivity contribution in [2.45, 2.75) is 46.1 Å². The third-order valence-corrected chi connectivity index (χ3v) is 4.14. The Morgan fingerprint density at radius 1 is 1.16 bits per heavy atom. The molecule has 0 aromatic heterocycles. The zero-order chi connectivity index (χ0) is 18.4. The van der Waals surface area contributed by atoms with E-state index in [9.17, 15) is 14.0 Å². The highest BCUT2D eigenvalue weighted by molar-refractivity contribution is 5.94. The molecule has 0 radical (unpaired) electrons. The Labute approximate surface area is 148 Å². The lowest BCUT2D eigenvalue weighted by Crippen LogP contribution is -2.37. The van der Waals surface area contributed by atoms with Crippen LogP contribution < -0.4 is 4.74 Å². The van der Waals surface area contributed by atoms with Gasteiger partial charge >= 0.3 is 0 Å². The predicted octanol–water partition coefficient (Wildman–Crippen LogP) is 3.09. The van der Waals surface area contributed by atoms with Crippen LogP contribution in [0.5, 0.6) is 5.75 Å². The zero-order valence-electron chi connectivity index (χ0n) is 15.3. The largest absolute Gasteiger partial charge is 0.488 e. The van der Waals surface area contributed by atoms with E-state index in [2.05, 4.69) is 0 Å². The second-order valence-corrected chi connectivity index (χ2v) is 6.59. The summed E-state index contributed by atoms with van der Waals surface area (Å²) in [7, 11) is 0. The van der Waals surface area contributed by atoms with E-state index >= 15 is 0 Å². The molecule has 0 aliphatic carbocycles. The van der Waals surface area contributed by atoms with E-state index in [0.29, 0.717) is 38.2 Å². The number of amides is 2. The minimum atomic E-state index is -0.533. The summed E-state index contributed by atoms with van der Waals surface area (Å²) in [5, 5.41) is 0. The molecule has 1 fully saturated rings. The Hall–Kier alpha value is -2.11. The van der Waals surface area contributed by atoms with Gasteiger partial charge in [-0.3, -0.25) is 9.59 Å². The Kier molecular flexibility index (Phi) is 6.79. The van der Waals surface area contributed by atoms with E-state index in [-0.39, 0.29) is 23.7 Å². The maximum atomic E-state index is 14.1. The molecule has 25 heavy (non-hydrogen) atoms.